The van der Waals surface area contributed by atoms with Gasteiger partial charge in [0, 0.05) is 5.69 Å². The lowest BCUT2D eigenvalue weighted by Crippen LogP contribution is -2.21. The van der Waals surface area contributed by atoms with Crippen molar-refractivity contribution < 1.29 is 17.7 Å². The summed E-state index contributed by atoms with van der Waals surface area (Å²) in [6.45, 7) is 14.1. The van der Waals surface area contributed by atoms with E-state index in [0.29, 0.717) is 11.8 Å². The molecular formula is C24H32NO4S-. The molecule has 0 radical (unpaired) electrons. The summed E-state index contributed by atoms with van der Waals surface area (Å²) in [4.78, 5) is -0.186. The van der Waals surface area contributed by atoms with E-state index >= 15 is 0 Å². The first-order chi connectivity index (χ1) is 13.9. The van der Waals surface area contributed by atoms with Crippen molar-refractivity contribution in [2.24, 2.45) is 0 Å². The van der Waals surface area contributed by atoms with Gasteiger partial charge in [-0.2, -0.15) is 0 Å². The first kappa shape index (κ1) is 24.0. The van der Waals surface area contributed by atoms with Gasteiger partial charge in [0.2, 0.25) is 0 Å². The molecule has 0 aliphatic rings. The summed E-state index contributed by atoms with van der Waals surface area (Å²) in [5, 5.41) is 3.17. The van der Waals surface area contributed by atoms with Crippen LogP contribution >= 0.6 is 0 Å². The molecule has 0 amide bonds. The molecule has 0 spiro atoms. The Bertz CT molecular complexity index is 942. The Morgan fingerprint density at radius 2 is 1.60 bits per heavy atom. The molecule has 0 aliphatic heterocycles. The minimum atomic E-state index is -4.41. The SMILES string of the molecule is C=C(Nc1ccc(C(C)CC(CC)c2ccc(S(=O)(=O)[O-])cc2)cc1)OC(C)(C)C. The highest BCUT2D eigenvalue weighted by Crippen LogP contribution is 2.33. The second kappa shape index (κ2) is 9.67. The van der Waals surface area contributed by atoms with Crippen molar-refractivity contribution in [3.8, 4) is 0 Å². The first-order valence-corrected chi connectivity index (χ1v) is 11.6. The standard InChI is InChI=1S/C24H33NO4S/c1-7-19(21-10-14-23(15-11-21)30(26,27)28)16-17(2)20-8-12-22(13-9-20)25-18(3)29-24(4,5)6/h8-15,17,19,25H,3,7,16H2,1-2,4-6H3,(H,26,27,28)/p-1. The lowest BCUT2D eigenvalue weighted by Gasteiger charge is -2.24. The van der Waals surface area contributed by atoms with Crippen LogP contribution in [0, 0.1) is 0 Å². The number of hydrogen-bond donors (Lipinski definition) is 1. The molecule has 0 saturated heterocycles. The van der Waals surface area contributed by atoms with Gasteiger partial charge in [-0.05, 0) is 87.4 Å². The van der Waals surface area contributed by atoms with Crippen molar-refractivity contribution in [2.45, 2.75) is 69.8 Å². The zero-order valence-electron chi connectivity index (χ0n) is 18.4. The van der Waals surface area contributed by atoms with Crippen molar-refractivity contribution in [1.82, 2.24) is 0 Å². The van der Waals surface area contributed by atoms with Crippen LogP contribution in [0.2, 0.25) is 0 Å². The normalized spacial score (nSPS) is 14.1. The predicted octanol–water partition coefficient (Wildman–Crippen LogP) is 5.98. The van der Waals surface area contributed by atoms with Gasteiger partial charge < -0.3 is 14.6 Å². The number of anilines is 1. The summed E-state index contributed by atoms with van der Waals surface area (Å²) < 4.78 is 39.1. The maximum absolute atomic E-state index is 11.1. The molecule has 0 fully saturated rings. The molecule has 0 saturated carbocycles. The van der Waals surface area contributed by atoms with Crippen LogP contribution in [0.3, 0.4) is 0 Å². The van der Waals surface area contributed by atoms with Gasteiger partial charge in [0.05, 0.1) is 4.90 Å². The Balaban J connectivity index is 2.03. The van der Waals surface area contributed by atoms with Crippen LogP contribution in [-0.2, 0) is 14.9 Å². The van der Waals surface area contributed by atoms with Gasteiger partial charge in [0.1, 0.15) is 15.7 Å². The van der Waals surface area contributed by atoms with Crippen LogP contribution in [0.25, 0.3) is 0 Å². The zero-order valence-corrected chi connectivity index (χ0v) is 19.3. The van der Waals surface area contributed by atoms with Crippen LogP contribution in [0.5, 0.6) is 0 Å². The van der Waals surface area contributed by atoms with Crippen LogP contribution in [0.1, 0.15) is 70.4 Å². The molecule has 0 bridgehead atoms. The minimum absolute atomic E-state index is 0.186. The van der Waals surface area contributed by atoms with Gasteiger partial charge >= 0.3 is 0 Å². The molecule has 0 aliphatic carbocycles. The molecule has 2 atom stereocenters. The molecule has 30 heavy (non-hydrogen) atoms. The molecule has 2 rings (SSSR count). The van der Waals surface area contributed by atoms with Gasteiger partial charge in [0.15, 0.2) is 5.88 Å². The third-order valence-corrected chi connectivity index (χ3v) is 5.81. The van der Waals surface area contributed by atoms with Crippen molar-refractivity contribution >= 4 is 15.8 Å². The quantitative estimate of drug-likeness (QED) is 0.391. The summed E-state index contributed by atoms with van der Waals surface area (Å²) >= 11 is 0. The number of rotatable bonds is 9. The Morgan fingerprint density at radius 1 is 1.07 bits per heavy atom. The Morgan fingerprint density at radius 3 is 2.07 bits per heavy atom. The van der Waals surface area contributed by atoms with E-state index in [1.807, 2.05) is 32.9 Å². The third-order valence-electron chi connectivity index (χ3n) is 4.96. The largest absolute Gasteiger partial charge is 0.744 e. The fourth-order valence-electron chi connectivity index (χ4n) is 3.46. The smallest absolute Gasteiger partial charge is 0.184 e. The number of nitrogens with one attached hydrogen (secondary N) is 1. The zero-order chi connectivity index (χ0) is 22.5. The maximum atomic E-state index is 11.1. The number of hydrogen-bond acceptors (Lipinski definition) is 5. The van der Waals surface area contributed by atoms with Crippen molar-refractivity contribution in [2.75, 3.05) is 5.32 Å². The third kappa shape index (κ3) is 7.18. The van der Waals surface area contributed by atoms with Crippen molar-refractivity contribution in [1.29, 1.82) is 0 Å². The molecule has 2 aromatic rings. The highest BCUT2D eigenvalue weighted by Gasteiger charge is 2.16. The van der Waals surface area contributed by atoms with E-state index in [0.717, 1.165) is 24.1 Å². The van der Waals surface area contributed by atoms with E-state index in [9.17, 15) is 13.0 Å². The molecular weight excluding hydrogens is 398 g/mol. The van der Waals surface area contributed by atoms with Crippen LogP contribution in [0.15, 0.2) is 65.9 Å². The molecule has 0 aromatic heterocycles. The fourth-order valence-corrected chi connectivity index (χ4v) is 3.93. The molecule has 6 heteroatoms. The lowest BCUT2D eigenvalue weighted by molar-refractivity contribution is 0.0565. The maximum Gasteiger partial charge on any atom is 0.184 e. The van der Waals surface area contributed by atoms with Gasteiger partial charge in [0.25, 0.3) is 0 Å². The van der Waals surface area contributed by atoms with Gasteiger partial charge in [-0.15, -0.1) is 0 Å². The van der Waals surface area contributed by atoms with Gasteiger partial charge in [-0.3, -0.25) is 0 Å². The summed E-state index contributed by atoms with van der Waals surface area (Å²) in [7, 11) is -4.41. The molecule has 5 nitrogen and oxygen atoms in total. The Kier molecular flexibility index (Phi) is 7.72. The average molecular weight is 431 g/mol. The molecule has 2 unspecified atom stereocenters. The van der Waals surface area contributed by atoms with Crippen molar-refractivity contribution in [3.63, 3.8) is 0 Å². The van der Waals surface area contributed by atoms with E-state index in [-0.39, 0.29) is 16.4 Å². The van der Waals surface area contributed by atoms with Crippen LogP contribution < -0.4 is 5.32 Å². The summed E-state index contributed by atoms with van der Waals surface area (Å²) in [5.41, 5.74) is 2.89. The van der Waals surface area contributed by atoms with Crippen LogP contribution in [0.4, 0.5) is 5.69 Å². The van der Waals surface area contributed by atoms with E-state index in [1.165, 1.54) is 17.7 Å². The minimum Gasteiger partial charge on any atom is -0.744 e. The van der Waals surface area contributed by atoms with Crippen LogP contribution in [-0.4, -0.2) is 18.6 Å². The van der Waals surface area contributed by atoms with E-state index in [2.05, 4.69) is 37.9 Å². The molecule has 164 valence electrons. The molecule has 2 aromatic carbocycles. The summed E-state index contributed by atoms with van der Waals surface area (Å²) in [6.07, 6.45) is 1.85. The lowest BCUT2D eigenvalue weighted by atomic mass is 9.84. The Labute approximate surface area is 180 Å². The van der Waals surface area contributed by atoms with E-state index in [1.54, 1.807) is 12.1 Å². The Hall–Kier alpha value is -2.31. The highest BCUT2D eigenvalue weighted by atomic mass is 32.2. The van der Waals surface area contributed by atoms with Gasteiger partial charge in [-0.25, -0.2) is 8.42 Å². The monoisotopic (exact) mass is 430 g/mol. The number of ether oxygens (including phenoxy) is 1. The predicted molar refractivity (Wildman–Crippen MR) is 121 cm³/mol. The summed E-state index contributed by atoms with van der Waals surface area (Å²) in [6, 6.07) is 14.5. The molecule has 0 heterocycles. The first-order valence-electron chi connectivity index (χ1n) is 10.2. The van der Waals surface area contributed by atoms with Gasteiger partial charge in [-0.1, -0.05) is 38.1 Å². The van der Waals surface area contributed by atoms with E-state index < -0.39 is 10.1 Å². The van der Waals surface area contributed by atoms with Crippen molar-refractivity contribution in [3.05, 3.63) is 72.1 Å². The summed E-state index contributed by atoms with van der Waals surface area (Å²) in [5.74, 6) is 1.11. The average Bonchev–Trinajstić information content (AvgIpc) is 2.64. The fraction of sp³-hybridized carbons (Fsp3) is 0.417. The highest BCUT2D eigenvalue weighted by molar-refractivity contribution is 7.85. The second-order valence-corrected chi connectivity index (χ2v) is 10.0. The van der Waals surface area contributed by atoms with E-state index in [4.69, 9.17) is 4.74 Å². The molecule has 1 N–H and O–H groups in total. The second-order valence-electron chi connectivity index (χ2n) is 8.65. The number of benzene rings is 2. The topological polar surface area (TPSA) is 78.5 Å².